The van der Waals surface area contributed by atoms with Crippen molar-refractivity contribution in [2.24, 2.45) is 5.73 Å². The van der Waals surface area contributed by atoms with Crippen LogP contribution in [0, 0.1) is 10.1 Å². The summed E-state index contributed by atoms with van der Waals surface area (Å²) < 4.78 is 0. The van der Waals surface area contributed by atoms with E-state index in [0.29, 0.717) is 11.7 Å². The summed E-state index contributed by atoms with van der Waals surface area (Å²) in [6, 6.07) is 5.72. The summed E-state index contributed by atoms with van der Waals surface area (Å²) in [5.74, 6) is 0. The van der Waals surface area contributed by atoms with Crippen LogP contribution >= 0.6 is 11.6 Å². The van der Waals surface area contributed by atoms with Crippen molar-refractivity contribution in [3.63, 3.8) is 0 Å². The number of hydrogen-bond acceptors (Lipinski definition) is 4. The molecule has 1 fully saturated rings. The molecule has 5 nitrogen and oxygen atoms in total. The van der Waals surface area contributed by atoms with E-state index >= 15 is 0 Å². The van der Waals surface area contributed by atoms with Gasteiger partial charge in [-0.05, 0) is 44.2 Å². The van der Waals surface area contributed by atoms with Crippen molar-refractivity contribution in [1.82, 2.24) is 0 Å². The van der Waals surface area contributed by atoms with Crippen LogP contribution < -0.4 is 10.6 Å². The Labute approximate surface area is 130 Å². The lowest BCUT2D eigenvalue weighted by Gasteiger charge is -2.37. The Morgan fingerprint density at radius 3 is 2.62 bits per heavy atom. The third kappa shape index (κ3) is 3.66. The van der Waals surface area contributed by atoms with Crippen molar-refractivity contribution in [2.45, 2.75) is 51.1 Å². The van der Waals surface area contributed by atoms with Crippen LogP contribution in [-0.4, -0.2) is 23.6 Å². The second-order valence-electron chi connectivity index (χ2n) is 5.63. The summed E-state index contributed by atoms with van der Waals surface area (Å²) >= 11 is 6.04. The van der Waals surface area contributed by atoms with E-state index < -0.39 is 0 Å². The SMILES string of the molecule is CCCN(c1cccc(Cl)c1[N+](=O)[O-])C1CCC(N)CC1. The smallest absolute Gasteiger partial charge is 0.310 e. The van der Waals surface area contributed by atoms with E-state index in [9.17, 15) is 10.1 Å². The number of halogens is 1. The highest BCUT2D eigenvalue weighted by molar-refractivity contribution is 6.33. The van der Waals surface area contributed by atoms with E-state index in [-0.39, 0.29) is 21.7 Å². The average molecular weight is 312 g/mol. The molecule has 0 bridgehead atoms. The Bertz CT molecular complexity index is 502. The highest BCUT2D eigenvalue weighted by Crippen LogP contribution is 2.38. The predicted molar refractivity (Wildman–Crippen MR) is 86.0 cm³/mol. The molecule has 2 rings (SSSR count). The lowest BCUT2D eigenvalue weighted by molar-refractivity contribution is -0.384. The maximum absolute atomic E-state index is 11.4. The van der Waals surface area contributed by atoms with Crippen molar-refractivity contribution >= 4 is 23.0 Å². The molecule has 0 radical (unpaired) electrons. The van der Waals surface area contributed by atoms with Gasteiger partial charge in [0.25, 0.3) is 0 Å². The molecule has 1 saturated carbocycles. The minimum Gasteiger partial charge on any atom is -0.363 e. The van der Waals surface area contributed by atoms with Crippen LogP contribution in [0.4, 0.5) is 11.4 Å². The Balaban J connectivity index is 2.34. The Kier molecular flexibility index (Phi) is 5.42. The highest BCUT2D eigenvalue weighted by Gasteiger charge is 2.29. The normalized spacial score (nSPS) is 22.0. The fraction of sp³-hybridized carbons (Fsp3) is 0.600. The molecule has 6 heteroatoms. The Hall–Kier alpha value is -1.33. The molecule has 0 spiro atoms. The van der Waals surface area contributed by atoms with Crippen molar-refractivity contribution in [1.29, 1.82) is 0 Å². The van der Waals surface area contributed by atoms with E-state index in [0.717, 1.165) is 38.6 Å². The van der Waals surface area contributed by atoms with E-state index in [1.807, 2.05) is 0 Å². The van der Waals surface area contributed by atoms with Gasteiger partial charge in [-0.1, -0.05) is 24.6 Å². The van der Waals surface area contributed by atoms with Crippen LogP contribution in [-0.2, 0) is 0 Å². The van der Waals surface area contributed by atoms with Crippen molar-refractivity contribution in [3.8, 4) is 0 Å². The minimum atomic E-state index is -0.380. The molecule has 0 saturated heterocycles. The number of rotatable bonds is 5. The number of benzene rings is 1. The van der Waals surface area contributed by atoms with Crippen molar-refractivity contribution in [3.05, 3.63) is 33.3 Å². The summed E-state index contributed by atoms with van der Waals surface area (Å²) in [5.41, 5.74) is 6.61. The number of nitrogens with zero attached hydrogens (tertiary/aromatic N) is 2. The van der Waals surface area contributed by atoms with Gasteiger partial charge >= 0.3 is 5.69 Å². The number of nitrogens with two attached hydrogens (primary N) is 1. The van der Waals surface area contributed by atoms with Crippen LogP contribution in [0.5, 0.6) is 0 Å². The highest BCUT2D eigenvalue weighted by atomic mass is 35.5. The second-order valence-corrected chi connectivity index (χ2v) is 6.03. The topological polar surface area (TPSA) is 72.4 Å². The van der Waals surface area contributed by atoms with Crippen LogP contribution in [0.15, 0.2) is 18.2 Å². The molecule has 0 atom stereocenters. The number of anilines is 1. The summed E-state index contributed by atoms with van der Waals surface area (Å²) in [7, 11) is 0. The van der Waals surface area contributed by atoms with E-state index in [1.165, 1.54) is 0 Å². The Morgan fingerprint density at radius 1 is 1.38 bits per heavy atom. The van der Waals surface area contributed by atoms with Gasteiger partial charge in [0.2, 0.25) is 0 Å². The van der Waals surface area contributed by atoms with Gasteiger partial charge in [-0.2, -0.15) is 0 Å². The lowest BCUT2D eigenvalue weighted by Crippen LogP contribution is -2.41. The predicted octanol–water partition coefficient (Wildman–Crippen LogP) is 3.73. The first-order valence-corrected chi connectivity index (χ1v) is 7.87. The molecular formula is C15H22ClN3O2. The molecule has 21 heavy (non-hydrogen) atoms. The molecule has 116 valence electrons. The van der Waals surface area contributed by atoms with E-state index in [4.69, 9.17) is 17.3 Å². The molecule has 2 N–H and O–H groups in total. The number of nitro groups is 1. The lowest BCUT2D eigenvalue weighted by atomic mass is 9.90. The summed E-state index contributed by atoms with van der Waals surface area (Å²) in [5, 5.41) is 11.6. The molecule has 1 aromatic carbocycles. The molecule has 0 aromatic heterocycles. The van der Waals surface area contributed by atoms with E-state index in [1.54, 1.807) is 18.2 Å². The average Bonchev–Trinajstić information content (AvgIpc) is 2.45. The van der Waals surface area contributed by atoms with Gasteiger partial charge < -0.3 is 10.6 Å². The van der Waals surface area contributed by atoms with Gasteiger partial charge in [0, 0.05) is 18.6 Å². The molecule has 1 aromatic rings. The zero-order valence-corrected chi connectivity index (χ0v) is 13.1. The molecule has 0 heterocycles. The van der Waals surface area contributed by atoms with Crippen LogP contribution in [0.1, 0.15) is 39.0 Å². The van der Waals surface area contributed by atoms with Gasteiger partial charge in [0.1, 0.15) is 10.7 Å². The van der Waals surface area contributed by atoms with Gasteiger partial charge in [-0.3, -0.25) is 10.1 Å². The van der Waals surface area contributed by atoms with E-state index in [2.05, 4.69) is 11.8 Å². The number of nitro benzene ring substituents is 1. The first-order chi connectivity index (χ1) is 10.0. The molecule has 1 aliphatic carbocycles. The quantitative estimate of drug-likeness (QED) is 0.664. The largest absolute Gasteiger partial charge is 0.363 e. The summed E-state index contributed by atoms with van der Waals surface area (Å²) in [6.07, 6.45) is 4.83. The Morgan fingerprint density at radius 2 is 2.05 bits per heavy atom. The first-order valence-electron chi connectivity index (χ1n) is 7.49. The fourth-order valence-corrected chi connectivity index (χ4v) is 3.31. The zero-order valence-electron chi connectivity index (χ0n) is 12.3. The van der Waals surface area contributed by atoms with Gasteiger partial charge in [-0.15, -0.1) is 0 Å². The van der Waals surface area contributed by atoms with Crippen LogP contribution in [0.2, 0.25) is 5.02 Å². The maximum atomic E-state index is 11.4. The number of para-hydroxylation sites is 1. The van der Waals surface area contributed by atoms with Crippen molar-refractivity contribution in [2.75, 3.05) is 11.4 Å². The molecular weight excluding hydrogens is 290 g/mol. The second kappa shape index (κ2) is 7.09. The number of hydrogen-bond donors (Lipinski definition) is 1. The first kappa shape index (κ1) is 16.0. The van der Waals surface area contributed by atoms with Gasteiger partial charge in [0.05, 0.1) is 4.92 Å². The van der Waals surface area contributed by atoms with Crippen molar-refractivity contribution < 1.29 is 4.92 Å². The monoisotopic (exact) mass is 311 g/mol. The fourth-order valence-electron chi connectivity index (χ4n) is 3.07. The molecule has 0 amide bonds. The maximum Gasteiger partial charge on any atom is 0.310 e. The third-order valence-corrected chi connectivity index (χ3v) is 4.41. The summed E-state index contributed by atoms with van der Waals surface area (Å²) in [6.45, 7) is 2.87. The molecule has 0 unspecified atom stereocenters. The minimum absolute atomic E-state index is 0.0162. The van der Waals surface area contributed by atoms with Crippen LogP contribution in [0.3, 0.4) is 0 Å². The molecule has 1 aliphatic rings. The summed E-state index contributed by atoms with van der Waals surface area (Å²) in [4.78, 5) is 13.1. The standard InChI is InChI=1S/C15H22ClN3O2/c1-2-10-18(12-8-6-11(17)7-9-12)14-5-3-4-13(16)15(14)19(20)21/h3-5,11-12H,2,6-10,17H2,1H3. The zero-order chi connectivity index (χ0) is 15.4. The van der Waals surface area contributed by atoms with Gasteiger partial charge in [-0.25, -0.2) is 0 Å². The molecule has 0 aliphatic heterocycles. The van der Waals surface area contributed by atoms with Crippen LogP contribution in [0.25, 0.3) is 0 Å². The van der Waals surface area contributed by atoms with Gasteiger partial charge in [0.15, 0.2) is 0 Å². The third-order valence-electron chi connectivity index (χ3n) is 4.10.